The monoisotopic (exact) mass is 478 g/mol. The molecule has 5 aliphatic rings. The van der Waals surface area contributed by atoms with Gasteiger partial charge in [-0.05, 0) is 59.4 Å². The van der Waals surface area contributed by atoms with Crippen LogP contribution in [0, 0.1) is 11.8 Å². The van der Waals surface area contributed by atoms with Crippen LogP contribution in [0.3, 0.4) is 0 Å². The SMILES string of the molecule is O=C(NCC1CCCO1)c1ccc(N2C(=O)C3C4c5ccccc5C(c5ccccc54)C3C2=O)cc1. The van der Waals surface area contributed by atoms with E-state index in [0.717, 1.165) is 41.7 Å². The molecule has 0 radical (unpaired) electrons. The lowest BCUT2D eigenvalue weighted by molar-refractivity contribution is -0.122. The number of anilines is 1. The Balaban J connectivity index is 1.19. The van der Waals surface area contributed by atoms with E-state index in [-0.39, 0.29) is 35.7 Å². The first-order chi connectivity index (χ1) is 17.6. The fourth-order valence-corrected chi connectivity index (χ4v) is 6.81. The molecule has 0 spiro atoms. The van der Waals surface area contributed by atoms with Crippen LogP contribution in [0.15, 0.2) is 72.8 Å². The number of nitrogens with zero attached hydrogens (tertiary/aromatic N) is 1. The van der Waals surface area contributed by atoms with E-state index in [4.69, 9.17) is 4.74 Å². The van der Waals surface area contributed by atoms with Crippen LogP contribution >= 0.6 is 0 Å². The number of hydrogen-bond acceptors (Lipinski definition) is 4. The number of ether oxygens (including phenoxy) is 1. The molecule has 3 atom stereocenters. The first-order valence-corrected chi connectivity index (χ1v) is 12.7. The van der Waals surface area contributed by atoms with Crippen molar-refractivity contribution in [2.75, 3.05) is 18.1 Å². The van der Waals surface area contributed by atoms with Crippen molar-refractivity contribution in [3.8, 4) is 0 Å². The molecular formula is C30H26N2O4. The first kappa shape index (κ1) is 21.5. The zero-order chi connectivity index (χ0) is 24.4. The summed E-state index contributed by atoms with van der Waals surface area (Å²) < 4.78 is 5.57. The van der Waals surface area contributed by atoms with Gasteiger partial charge in [-0.15, -0.1) is 0 Å². The van der Waals surface area contributed by atoms with Crippen molar-refractivity contribution in [3.05, 3.63) is 101 Å². The molecule has 3 unspecified atom stereocenters. The summed E-state index contributed by atoms with van der Waals surface area (Å²) >= 11 is 0. The minimum absolute atomic E-state index is 0.0695. The molecule has 3 aliphatic carbocycles. The van der Waals surface area contributed by atoms with E-state index < -0.39 is 11.8 Å². The molecule has 3 aromatic rings. The Labute approximate surface area is 209 Å². The van der Waals surface area contributed by atoms with E-state index in [1.54, 1.807) is 24.3 Å². The van der Waals surface area contributed by atoms with Gasteiger partial charge in [-0.1, -0.05) is 48.5 Å². The number of carbonyl (C=O) groups is 3. The molecular weight excluding hydrogens is 452 g/mol. The van der Waals surface area contributed by atoms with Gasteiger partial charge in [0.1, 0.15) is 0 Å². The van der Waals surface area contributed by atoms with Crippen molar-refractivity contribution in [1.29, 1.82) is 0 Å². The Morgan fingerprint density at radius 2 is 1.33 bits per heavy atom. The molecule has 180 valence electrons. The zero-order valence-electron chi connectivity index (χ0n) is 19.7. The highest BCUT2D eigenvalue weighted by Crippen LogP contribution is 2.61. The number of nitrogens with one attached hydrogen (secondary N) is 1. The molecule has 0 aromatic heterocycles. The second-order valence-electron chi connectivity index (χ2n) is 10.2. The van der Waals surface area contributed by atoms with Gasteiger partial charge in [0, 0.05) is 30.6 Å². The first-order valence-electron chi connectivity index (χ1n) is 12.7. The summed E-state index contributed by atoms with van der Waals surface area (Å²) in [5, 5.41) is 2.92. The Morgan fingerprint density at radius 3 is 1.81 bits per heavy atom. The average Bonchev–Trinajstić information content (AvgIpc) is 3.54. The van der Waals surface area contributed by atoms with Crippen LogP contribution in [0.25, 0.3) is 0 Å². The van der Waals surface area contributed by atoms with Gasteiger partial charge >= 0.3 is 0 Å². The minimum atomic E-state index is -0.415. The smallest absolute Gasteiger partial charge is 0.251 e. The van der Waals surface area contributed by atoms with E-state index in [9.17, 15) is 14.4 Å². The van der Waals surface area contributed by atoms with Gasteiger partial charge in [0.2, 0.25) is 11.8 Å². The van der Waals surface area contributed by atoms with Gasteiger partial charge in [0.15, 0.2) is 0 Å². The van der Waals surface area contributed by atoms with Crippen LogP contribution < -0.4 is 10.2 Å². The lowest BCUT2D eigenvalue weighted by Crippen LogP contribution is -2.41. The molecule has 6 heteroatoms. The number of hydrogen-bond donors (Lipinski definition) is 1. The summed E-state index contributed by atoms with van der Waals surface area (Å²) in [6.07, 6.45) is 2.05. The summed E-state index contributed by atoms with van der Waals surface area (Å²) in [7, 11) is 0. The topological polar surface area (TPSA) is 75.7 Å². The molecule has 3 amide bonds. The number of benzene rings is 3. The number of rotatable bonds is 4. The van der Waals surface area contributed by atoms with Crippen LogP contribution in [0.4, 0.5) is 5.69 Å². The number of amides is 3. The minimum Gasteiger partial charge on any atom is -0.376 e. The van der Waals surface area contributed by atoms with E-state index >= 15 is 0 Å². The summed E-state index contributed by atoms with van der Waals surface area (Å²) in [5.41, 5.74) is 5.63. The molecule has 2 heterocycles. The zero-order valence-corrected chi connectivity index (χ0v) is 19.7. The van der Waals surface area contributed by atoms with Gasteiger partial charge in [-0.3, -0.25) is 14.4 Å². The Hall–Kier alpha value is -3.77. The van der Waals surface area contributed by atoms with Crippen LogP contribution in [-0.4, -0.2) is 37.0 Å². The second kappa shape index (κ2) is 8.14. The normalized spacial score (nSPS) is 27.6. The van der Waals surface area contributed by atoms with Gasteiger partial charge in [-0.2, -0.15) is 0 Å². The van der Waals surface area contributed by atoms with Crippen molar-refractivity contribution >= 4 is 23.4 Å². The van der Waals surface area contributed by atoms with Gasteiger partial charge in [-0.25, -0.2) is 4.90 Å². The highest BCUT2D eigenvalue weighted by Gasteiger charge is 2.61. The van der Waals surface area contributed by atoms with Crippen LogP contribution in [-0.2, 0) is 14.3 Å². The highest BCUT2D eigenvalue weighted by molar-refractivity contribution is 6.23. The van der Waals surface area contributed by atoms with Crippen molar-refractivity contribution in [3.63, 3.8) is 0 Å². The maximum absolute atomic E-state index is 13.8. The second-order valence-corrected chi connectivity index (χ2v) is 10.2. The summed E-state index contributed by atoms with van der Waals surface area (Å²) in [6.45, 7) is 1.23. The predicted molar refractivity (Wildman–Crippen MR) is 134 cm³/mol. The van der Waals surface area contributed by atoms with Crippen molar-refractivity contribution < 1.29 is 19.1 Å². The molecule has 3 aromatic carbocycles. The summed E-state index contributed by atoms with van der Waals surface area (Å²) in [4.78, 5) is 41.6. The van der Waals surface area contributed by atoms with Crippen LogP contribution in [0.2, 0.25) is 0 Å². The largest absolute Gasteiger partial charge is 0.376 e. The standard InChI is InChI=1S/C30H26N2O4/c33-28(31-16-19-6-5-15-36-19)17-11-13-18(14-12-17)32-29(34)26-24-20-7-1-2-8-21(20)25(27(26)30(32)35)23-10-4-3-9-22(23)24/h1-4,7-14,19,24-27H,5-6,15-16H2,(H,31,33). The molecule has 2 aliphatic heterocycles. The van der Waals surface area contributed by atoms with E-state index in [0.29, 0.717) is 17.8 Å². The Kier molecular flexibility index (Phi) is 4.86. The third kappa shape index (κ3) is 3.04. The third-order valence-corrected chi connectivity index (χ3v) is 8.35. The summed E-state index contributed by atoms with van der Waals surface area (Å²) in [6, 6.07) is 23.2. The third-order valence-electron chi connectivity index (χ3n) is 8.35. The van der Waals surface area contributed by atoms with Crippen LogP contribution in [0.1, 0.15) is 57.3 Å². The molecule has 2 fully saturated rings. The molecule has 8 rings (SSSR count). The Bertz CT molecular complexity index is 1280. The predicted octanol–water partition coefficient (Wildman–Crippen LogP) is 3.99. The van der Waals surface area contributed by atoms with E-state index in [2.05, 4.69) is 29.6 Å². The van der Waals surface area contributed by atoms with Crippen molar-refractivity contribution in [2.45, 2.75) is 30.8 Å². The molecule has 36 heavy (non-hydrogen) atoms. The van der Waals surface area contributed by atoms with E-state index in [1.807, 2.05) is 24.3 Å². The van der Waals surface area contributed by atoms with Gasteiger partial charge in [0.25, 0.3) is 5.91 Å². The Morgan fingerprint density at radius 1 is 0.806 bits per heavy atom. The number of imide groups is 1. The van der Waals surface area contributed by atoms with Crippen LogP contribution in [0.5, 0.6) is 0 Å². The fourth-order valence-electron chi connectivity index (χ4n) is 6.81. The molecule has 2 bridgehead atoms. The van der Waals surface area contributed by atoms with Gasteiger partial charge in [0.05, 0.1) is 23.6 Å². The number of carbonyl (C=O) groups excluding carboxylic acids is 3. The molecule has 1 N–H and O–H groups in total. The molecule has 2 saturated heterocycles. The lowest BCUT2D eigenvalue weighted by Gasteiger charge is -2.45. The average molecular weight is 479 g/mol. The summed E-state index contributed by atoms with van der Waals surface area (Å²) in [5.74, 6) is -1.58. The van der Waals surface area contributed by atoms with E-state index in [1.165, 1.54) is 4.90 Å². The fraction of sp³-hybridized carbons (Fsp3) is 0.300. The quantitative estimate of drug-likeness (QED) is 0.576. The maximum atomic E-state index is 13.8. The maximum Gasteiger partial charge on any atom is 0.251 e. The molecule has 0 saturated carbocycles. The lowest BCUT2D eigenvalue weighted by atomic mass is 9.55. The molecule has 6 nitrogen and oxygen atoms in total. The van der Waals surface area contributed by atoms with Crippen molar-refractivity contribution in [2.24, 2.45) is 11.8 Å². The van der Waals surface area contributed by atoms with Gasteiger partial charge < -0.3 is 10.1 Å². The van der Waals surface area contributed by atoms with Crippen molar-refractivity contribution in [1.82, 2.24) is 5.32 Å². The highest BCUT2D eigenvalue weighted by atomic mass is 16.5.